The molecule has 0 unspecified atom stereocenters. The number of nitrogens with zero attached hydrogens (tertiary/aromatic N) is 4. The molecule has 0 aliphatic carbocycles. The number of alkyl halides is 3. The largest absolute Gasteiger partial charge is 0.405 e. The monoisotopic (exact) mass is 544 g/mol. The normalized spacial score (nSPS) is 15.0. The quantitative estimate of drug-likeness (QED) is 0.219. The number of aromatic nitrogens is 3. The first-order valence-corrected chi connectivity index (χ1v) is 11.8. The van der Waals surface area contributed by atoms with E-state index in [0.29, 0.717) is 41.1 Å². The van der Waals surface area contributed by atoms with E-state index in [2.05, 4.69) is 20.7 Å². The summed E-state index contributed by atoms with van der Waals surface area (Å²) in [5.41, 5.74) is 13.9. The second-order valence-corrected chi connectivity index (χ2v) is 8.99. The first kappa shape index (κ1) is 27.5. The van der Waals surface area contributed by atoms with E-state index in [0.717, 1.165) is 6.21 Å². The number of imidazole rings is 1. The number of anilines is 1. The molecule has 12 nitrogen and oxygen atoms in total. The maximum Gasteiger partial charge on any atom is 0.405 e. The zero-order valence-corrected chi connectivity index (χ0v) is 20.6. The van der Waals surface area contributed by atoms with Crippen molar-refractivity contribution >= 4 is 35.1 Å². The summed E-state index contributed by atoms with van der Waals surface area (Å²) in [4.78, 5) is 29.6. The van der Waals surface area contributed by atoms with Crippen molar-refractivity contribution in [2.45, 2.75) is 11.7 Å². The SMILES string of the molecule is N=C/C(=C\NC1(CN)CN(C(=O)CN)C1)c1cnn2c(-c3cccc(NC(=O)NCC(F)(F)F)c3)cnc2c1. The fourth-order valence-corrected chi connectivity index (χ4v) is 4.05. The highest BCUT2D eigenvalue weighted by Gasteiger charge is 2.43. The fraction of sp³-hybridized carbons (Fsp3) is 0.292. The van der Waals surface area contributed by atoms with Gasteiger partial charge in [-0.3, -0.25) is 4.79 Å². The van der Waals surface area contributed by atoms with Crippen molar-refractivity contribution in [1.29, 1.82) is 5.41 Å². The number of likely N-dealkylation sites (tertiary alicyclic amines) is 1. The summed E-state index contributed by atoms with van der Waals surface area (Å²) in [5.74, 6) is -0.159. The van der Waals surface area contributed by atoms with E-state index < -0.39 is 24.3 Å². The molecule has 3 amide bonds. The number of halogens is 3. The molecular weight excluding hydrogens is 517 g/mol. The Morgan fingerprint density at radius 1 is 1.18 bits per heavy atom. The van der Waals surface area contributed by atoms with Gasteiger partial charge in [0.2, 0.25) is 5.91 Å². The smallest absolute Gasteiger partial charge is 0.380 e. The van der Waals surface area contributed by atoms with Gasteiger partial charge in [0.05, 0.1) is 30.2 Å². The van der Waals surface area contributed by atoms with Crippen LogP contribution in [0.1, 0.15) is 5.56 Å². The summed E-state index contributed by atoms with van der Waals surface area (Å²) >= 11 is 0. The lowest BCUT2D eigenvalue weighted by atomic mass is 9.89. The molecule has 0 spiro atoms. The standard InChI is InChI=1S/C24H27F3N10O2/c25-24(26,27)12-32-22(39)35-18-3-1-2-15(4-18)19-10-31-20-5-16(9-34-37(19)20)17(6-28)8-33-23(11-30)13-36(14-23)21(38)7-29/h1-6,8-10,28,33H,7,11-14,29-30H2,(H2,32,35,39)/b17-8+,28-6?. The second kappa shape index (κ2) is 11.1. The molecule has 0 saturated carbocycles. The molecule has 1 aromatic carbocycles. The number of fused-ring (bicyclic) bond motifs is 1. The van der Waals surface area contributed by atoms with Gasteiger partial charge in [-0.05, 0) is 18.2 Å². The molecule has 39 heavy (non-hydrogen) atoms. The summed E-state index contributed by atoms with van der Waals surface area (Å²) in [5, 5.41) is 19.7. The van der Waals surface area contributed by atoms with Crippen LogP contribution in [0.5, 0.6) is 0 Å². The van der Waals surface area contributed by atoms with Crippen LogP contribution in [0.4, 0.5) is 23.7 Å². The van der Waals surface area contributed by atoms with Crippen LogP contribution in [0.15, 0.2) is 48.9 Å². The maximum absolute atomic E-state index is 12.3. The van der Waals surface area contributed by atoms with Crippen LogP contribution in [0.3, 0.4) is 0 Å². The molecule has 3 aromatic rings. The third-order valence-corrected chi connectivity index (χ3v) is 6.15. The van der Waals surface area contributed by atoms with Crippen LogP contribution in [0, 0.1) is 5.41 Å². The zero-order chi connectivity index (χ0) is 28.2. The van der Waals surface area contributed by atoms with Crippen LogP contribution in [-0.4, -0.2) is 82.1 Å². The molecule has 1 aliphatic heterocycles. The van der Waals surface area contributed by atoms with Crippen molar-refractivity contribution in [1.82, 2.24) is 30.1 Å². The van der Waals surface area contributed by atoms with Gasteiger partial charge < -0.3 is 37.7 Å². The Labute approximate surface area is 220 Å². The Morgan fingerprint density at radius 3 is 2.62 bits per heavy atom. The molecule has 0 atom stereocenters. The lowest BCUT2D eigenvalue weighted by molar-refractivity contribution is -0.137. The molecule has 0 radical (unpaired) electrons. The van der Waals surface area contributed by atoms with Crippen molar-refractivity contribution in [2.24, 2.45) is 11.5 Å². The Balaban J connectivity index is 1.50. The minimum atomic E-state index is -4.52. The van der Waals surface area contributed by atoms with E-state index in [4.69, 9.17) is 16.9 Å². The summed E-state index contributed by atoms with van der Waals surface area (Å²) in [6, 6.07) is 7.27. The fourth-order valence-electron chi connectivity index (χ4n) is 4.05. The van der Waals surface area contributed by atoms with Crippen LogP contribution >= 0.6 is 0 Å². The highest BCUT2D eigenvalue weighted by molar-refractivity contribution is 6.08. The van der Waals surface area contributed by atoms with Crippen molar-refractivity contribution in [3.05, 3.63) is 54.5 Å². The van der Waals surface area contributed by atoms with Crippen LogP contribution < -0.4 is 27.4 Å². The summed E-state index contributed by atoms with van der Waals surface area (Å²) < 4.78 is 38.6. The average Bonchev–Trinajstić information content (AvgIpc) is 3.32. The van der Waals surface area contributed by atoms with Gasteiger partial charge in [0, 0.05) is 54.4 Å². The van der Waals surface area contributed by atoms with Gasteiger partial charge in [0.15, 0.2) is 5.65 Å². The highest BCUT2D eigenvalue weighted by Crippen LogP contribution is 2.25. The van der Waals surface area contributed by atoms with Crippen LogP contribution in [-0.2, 0) is 4.79 Å². The lowest BCUT2D eigenvalue weighted by Crippen LogP contribution is -2.73. The number of allylic oxidation sites excluding steroid dienone is 1. The van der Waals surface area contributed by atoms with Crippen molar-refractivity contribution in [3.63, 3.8) is 0 Å². The van der Waals surface area contributed by atoms with Crippen molar-refractivity contribution in [3.8, 4) is 11.3 Å². The number of hydrogen-bond donors (Lipinski definition) is 6. The maximum atomic E-state index is 12.3. The van der Waals surface area contributed by atoms with Crippen molar-refractivity contribution < 1.29 is 22.8 Å². The van der Waals surface area contributed by atoms with Gasteiger partial charge in [-0.2, -0.15) is 18.3 Å². The van der Waals surface area contributed by atoms with E-state index in [1.54, 1.807) is 63.7 Å². The Hall–Kier alpha value is -4.50. The Morgan fingerprint density at radius 2 is 1.95 bits per heavy atom. The molecule has 8 N–H and O–H groups in total. The molecule has 4 rings (SSSR count). The summed E-state index contributed by atoms with van der Waals surface area (Å²) in [6.07, 6.45) is 1.43. The number of nitrogens with one attached hydrogen (secondary N) is 4. The van der Waals surface area contributed by atoms with Gasteiger partial charge in [-0.15, -0.1) is 0 Å². The van der Waals surface area contributed by atoms with Gasteiger partial charge in [0.25, 0.3) is 0 Å². The molecular formula is C24H27F3N10O2. The number of nitrogens with two attached hydrogens (primary N) is 2. The average molecular weight is 545 g/mol. The van der Waals surface area contributed by atoms with Crippen molar-refractivity contribution in [2.75, 3.05) is 38.0 Å². The highest BCUT2D eigenvalue weighted by atomic mass is 19.4. The van der Waals surface area contributed by atoms with Gasteiger partial charge in [-0.1, -0.05) is 12.1 Å². The number of carbonyl (C=O) groups is 2. The van der Waals surface area contributed by atoms with E-state index in [9.17, 15) is 22.8 Å². The Kier molecular flexibility index (Phi) is 7.83. The zero-order valence-electron chi connectivity index (χ0n) is 20.6. The second-order valence-electron chi connectivity index (χ2n) is 8.99. The molecule has 3 heterocycles. The third kappa shape index (κ3) is 6.32. The third-order valence-electron chi connectivity index (χ3n) is 6.15. The molecule has 15 heteroatoms. The molecule has 0 bridgehead atoms. The van der Waals surface area contributed by atoms with Gasteiger partial charge >= 0.3 is 12.2 Å². The summed E-state index contributed by atoms with van der Waals surface area (Å²) in [6.45, 7) is -0.431. The first-order chi connectivity index (χ1) is 18.6. The number of carbonyl (C=O) groups excluding carboxylic acids is 2. The molecule has 1 fully saturated rings. The summed E-state index contributed by atoms with van der Waals surface area (Å²) in [7, 11) is 0. The number of benzene rings is 1. The van der Waals surface area contributed by atoms with Crippen LogP contribution in [0.2, 0.25) is 0 Å². The minimum absolute atomic E-state index is 0.0711. The number of amides is 3. The molecule has 1 saturated heterocycles. The first-order valence-electron chi connectivity index (χ1n) is 11.8. The van der Waals surface area contributed by atoms with E-state index in [1.807, 2.05) is 0 Å². The van der Waals surface area contributed by atoms with E-state index in [-0.39, 0.29) is 24.7 Å². The van der Waals surface area contributed by atoms with E-state index >= 15 is 0 Å². The topological polar surface area (TPSA) is 180 Å². The minimum Gasteiger partial charge on any atom is -0.380 e. The number of hydrogen-bond acceptors (Lipinski definition) is 8. The molecule has 1 aliphatic rings. The van der Waals surface area contributed by atoms with Crippen LogP contribution in [0.25, 0.3) is 22.5 Å². The number of rotatable bonds is 9. The predicted octanol–water partition coefficient (Wildman–Crippen LogP) is 1.16. The number of urea groups is 1. The van der Waals surface area contributed by atoms with Gasteiger partial charge in [0.1, 0.15) is 6.54 Å². The molecule has 2 aromatic heterocycles. The Bertz CT molecular complexity index is 1410. The predicted molar refractivity (Wildman–Crippen MR) is 139 cm³/mol. The van der Waals surface area contributed by atoms with Gasteiger partial charge in [-0.25, -0.2) is 14.3 Å². The van der Waals surface area contributed by atoms with E-state index in [1.165, 1.54) is 0 Å². The molecule has 206 valence electrons. The lowest BCUT2D eigenvalue weighted by Gasteiger charge is -2.49.